The van der Waals surface area contributed by atoms with Crippen molar-refractivity contribution in [2.24, 2.45) is 0 Å². The number of rotatable bonds is 0. The average Bonchev–Trinajstić information content (AvgIpc) is 1.97. The van der Waals surface area contributed by atoms with Crippen LogP contribution in [0.1, 0.15) is 19.3 Å². The molecule has 52 valence electrons. The fourth-order valence-electron chi connectivity index (χ4n) is 0.949. The van der Waals surface area contributed by atoms with E-state index in [2.05, 4.69) is 0 Å². The van der Waals surface area contributed by atoms with Crippen molar-refractivity contribution in [1.82, 2.24) is 5.06 Å². The molecule has 1 aliphatic heterocycles. The summed E-state index contributed by atoms with van der Waals surface area (Å²) in [6.07, 6.45) is 1.95. The van der Waals surface area contributed by atoms with Gasteiger partial charge in [-0.15, -0.1) is 0 Å². The molecule has 0 spiro atoms. The van der Waals surface area contributed by atoms with Crippen LogP contribution in [0.3, 0.4) is 0 Å². The maximum Gasteiger partial charge on any atom is 0.134 e. The summed E-state index contributed by atoms with van der Waals surface area (Å²) >= 11 is 0. The van der Waals surface area contributed by atoms with Crippen molar-refractivity contribution >= 4 is 5.78 Å². The minimum Gasteiger partial charge on any atom is -0.314 e. The van der Waals surface area contributed by atoms with Crippen LogP contribution in [-0.4, -0.2) is 29.1 Å². The number of carbonyl (C=O) groups is 1. The zero-order valence-corrected chi connectivity index (χ0v) is 5.34. The second kappa shape index (κ2) is 2.94. The molecule has 0 aromatic heterocycles. The molecule has 0 aromatic carbocycles. The topological polar surface area (TPSA) is 40.5 Å². The molecule has 0 bridgehead atoms. The van der Waals surface area contributed by atoms with E-state index in [1.54, 1.807) is 0 Å². The van der Waals surface area contributed by atoms with E-state index in [9.17, 15) is 4.79 Å². The van der Waals surface area contributed by atoms with Crippen molar-refractivity contribution in [1.29, 1.82) is 0 Å². The average molecular weight is 129 g/mol. The lowest BCUT2D eigenvalue weighted by Crippen LogP contribution is -2.19. The second-order valence-electron chi connectivity index (χ2n) is 2.35. The summed E-state index contributed by atoms with van der Waals surface area (Å²) in [6.45, 7) is 1.16. The molecule has 1 saturated heterocycles. The van der Waals surface area contributed by atoms with Crippen LogP contribution in [-0.2, 0) is 4.79 Å². The van der Waals surface area contributed by atoms with Gasteiger partial charge in [0.2, 0.25) is 0 Å². The molecule has 0 aliphatic carbocycles. The lowest BCUT2D eigenvalue weighted by Gasteiger charge is -2.07. The van der Waals surface area contributed by atoms with Crippen LogP contribution in [0.15, 0.2) is 0 Å². The Labute approximate surface area is 54.2 Å². The highest BCUT2D eigenvalue weighted by molar-refractivity contribution is 5.78. The molecule has 0 saturated carbocycles. The minimum atomic E-state index is 0.270. The molecule has 0 aromatic rings. The minimum absolute atomic E-state index is 0.270. The van der Waals surface area contributed by atoms with Gasteiger partial charge < -0.3 is 5.21 Å². The lowest BCUT2D eigenvalue weighted by molar-refractivity contribution is -0.120. The molecule has 3 heteroatoms. The van der Waals surface area contributed by atoms with Gasteiger partial charge in [0.05, 0.1) is 0 Å². The van der Waals surface area contributed by atoms with Crippen LogP contribution in [0, 0.1) is 0 Å². The number of carbonyl (C=O) groups excluding carboxylic acids is 1. The first-order valence-corrected chi connectivity index (χ1v) is 3.24. The molecule has 9 heavy (non-hydrogen) atoms. The van der Waals surface area contributed by atoms with Gasteiger partial charge in [0, 0.05) is 25.9 Å². The van der Waals surface area contributed by atoms with Crippen LogP contribution in [0.25, 0.3) is 0 Å². The predicted octanol–water partition coefficient (Wildman–Crippen LogP) is 0.431. The normalized spacial score (nSPS) is 23.9. The summed E-state index contributed by atoms with van der Waals surface area (Å²) in [5.41, 5.74) is 0. The third-order valence-corrected chi connectivity index (χ3v) is 1.52. The number of ketones is 1. The van der Waals surface area contributed by atoms with Gasteiger partial charge in [0.15, 0.2) is 0 Å². The lowest BCUT2D eigenvalue weighted by atomic mass is 10.2. The Morgan fingerprint density at radius 2 is 2.11 bits per heavy atom. The fourth-order valence-corrected chi connectivity index (χ4v) is 0.949. The zero-order chi connectivity index (χ0) is 6.69. The Balaban J connectivity index is 2.34. The van der Waals surface area contributed by atoms with Gasteiger partial charge in [0.1, 0.15) is 5.78 Å². The smallest absolute Gasteiger partial charge is 0.134 e. The highest BCUT2D eigenvalue weighted by Crippen LogP contribution is 2.03. The standard InChI is InChI=1S/C6H11NO2/c8-6-2-1-4-7(9)5-3-6/h9H,1-5H2. The molecule has 0 amide bonds. The number of hydroxylamine groups is 2. The number of hydrogen-bond acceptors (Lipinski definition) is 3. The Morgan fingerprint density at radius 1 is 1.33 bits per heavy atom. The molecule has 0 unspecified atom stereocenters. The van der Waals surface area contributed by atoms with Gasteiger partial charge in [-0.25, -0.2) is 0 Å². The molecule has 1 heterocycles. The van der Waals surface area contributed by atoms with Crippen molar-refractivity contribution in [3.63, 3.8) is 0 Å². The first-order valence-electron chi connectivity index (χ1n) is 3.24. The molecule has 0 atom stereocenters. The molecule has 1 aliphatic rings. The quantitative estimate of drug-likeness (QED) is 0.515. The van der Waals surface area contributed by atoms with Crippen LogP contribution < -0.4 is 0 Å². The Morgan fingerprint density at radius 3 is 2.89 bits per heavy atom. The van der Waals surface area contributed by atoms with Crippen molar-refractivity contribution in [3.8, 4) is 0 Å². The van der Waals surface area contributed by atoms with Crippen molar-refractivity contribution < 1.29 is 10.0 Å². The monoisotopic (exact) mass is 129 g/mol. The molecular weight excluding hydrogens is 118 g/mol. The Kier molecular flexibility index (Phi) is 2.19. The van der Waals surface area contributed by atoms with E-state index < -0.39 is 0 Å². The van der Waals surface area contributed by atoms with Gasteiger partial charge in [0.25, 0.3) is 0 Å². The summed E-state index contributed by atoms with van der Waals surface area (Å²) in [5, 5.41) is 10.1. The summed E-state index contributed by atoms with van der Waals surface area (Å²) < 4.78 is 0. The second-order valence-corrected chi connectivity index (χ2v) is 2.35. The third kappa shape index (κ3) is 2.11. The number of hydrogen-bond donors (Lipinski definition) is 1. The number of nitrogens with zero attached hydrogens (tertiary/aromatic N) is 1. The maximum absolute atomic E-state index is 10.7. The third-order valence-electron chi connectivity index (χ3n) is 1.52. The first-order chi connectivity index (χ1) is 4.29. The molecule has 1 fully saturated rings. The van der Waals surface area contributed by atoms with Crippen molar-refractivity contribution in [2.75, 3.05) is 13.1 Å². The van der Waals surface area contributed by atoms with E-state index in [4.69, 9.17) is 5.21 Å². The number of Topliss-reactive ketones (excluding diaryl/α,β-unsaturated/α-hetero) is 1. The van der Waals surface area contributed by atoms with E-state index in [0.717, 1.165) is 6.42 Å². The van der Waals surface area contributed by atoms with E-state index in [0.29, 0.717) is 25.9 Å². The summed E-state index contributed by atoms with van der Waals surface area (Å²) in [6, 6.07) is 0. The van der Waals surface area contributed by atoms with Gasteiger partial charge in [-0.3, -0.25) is 4.79 Å². The van der Waals surface area contributed by atoms with Crippen LogP contribution in [0.5, 0.6) is 0 Å². The molecule has 1 rings (SSSR count). The first kappa shape index (κ1) is 6.71. The van der Waals surface area contributed by atoms with Gasteiger partial charge >= 0.3 is 0 Å². The molecule has 1 N–H and O–H groups in total. The van der Waals surface area contributed by atoms with Crippen LogP contribution >= 0.6 is 0 Å². The molecule has 0 radical (unpaired) electrons. The van der Waals surface area contributed by atoms with Crippen LogP contribution in [0.4, 0.5) is 0 Å². The van der Waals surface area contributed by atoms with Crippen LogP contribution in [0.2, 0.25) is 0 Å². The van der Waals surface area contributed by atoms with Gasteiger partial charge in [-0.2, -0.15) is 5.06 Å². The largest absolute Gasteiger partial charge is 0.314 e. The Hall–Kier alpha value is -0.410. The van der Waals surface area contributed by atoms with Gasteiger partial charge in [-0.1, -0.05) is 0 Å². The highest BCUT2D eigenvalue weighted by Gasteiger charge is 2.10. The maximum atomic E-state index is 10.7. The fraction of sp³-hybridized carbons (Fsp3) is 0.833. The predicted molar refractivity (Wildman–Crippen MR) is 32.2 cm³/mol. The highest BCUT2D eigenvalue weighted by atomic mass is 16.5. The molecule has 3 nitrogen and oxygen atoms in total. The van der Waals surface area contributed by atoms with Gasteiger partial charge in [-0.05, 0) is 6.42 Å². The van der Waals surface area contributed by atoms with E-state index in [-0.39, 0.29) is 5.78 Å². The Bertz CT molecular complexity index is 114. The van der Waals surface area contributed by atoms with E-state index in [1.807, 2.05) is 0 Å². The summed E-state index contributed by atoms with van der Waals surface area (Å²) in [4.78, 5) is 10.7. The summed E-state index contributed by atoms with van der Waals surface area (Å²) in [7, 11) is 0. The summed E-state index contributed by atoms with van der Waals surface area (Å²) in [5.74, 6) is 0.270. The SMILES string of the molecule is O=C1CCCN(O)CC1. The zero-order valence-electron chi connectivity index (χ0n) is 5.34. The van der Waals surface area contributed by atoms with E-state index >= 15 is 0 Å². The van der Waals surface area contributed by atoms with Crippen molar-refractivity contribution in [2.45, 2.75) is 19.3 Å². The van der Waals surface area contributed by atoms with Crippen molar-refractivity contribution in [3.05, 3.63) is 0 Å². The molecular formula is C6H11NO2. The van der Waals surface area contributed by atoms with E-state index in [1.165, 1.54) is 5.06 Å².